The maximum atomic E-state index is 12.8. The molecule has 2 aliphatic rings. The zero-order chi connectivity index (χ0) is 21.1. The van der Waals surface area contributed by atoms with Gasteiger partial charge < -0.3 is 4.90 Å². The number of hydrogen-bond donors (Lipinski definition) is 0. The van der Waals surface area contributed by atoms with E-state index in [0.29, 0.717) is 23.0 Å². The number of aryl methyl sites for hydroxylation is 2. The Morgan fingerprint density at radius 3 is 2.68 bits per heavy atom. The lowest BCUT2D eigenvalue weighted by molar-refractivity contribution is 0.651. The second-order valence-corrected chi connectivity index (χ2v) is 9.45. The van der Waals surface area contributed by atoms with Crippen LogP contribution in [0.3, 0.4) is 0 Å². The van der Waals surface area contributed by atoms with Crippen LogP contribution in [-0.4, -0.2) is 47.0 Å². The average Bonchev–Trinajstić information content (AvgIpc) is 3.18. The fourth-order valence-electron chi connectivity index (χ4n) is 4.43. The van der Waals surface area contributed by atoms with E-state index in [2.05, 4.69) is 29.9 Å². The largest absolute Gasteiger partial charge is 0.341 e. The van der Waals surface area contributed by atoms with Crippen LogP contribution in [0.15, 0.2) is 28.2 Å². The number of nitrogens with zero attached hydrogens (tertiary/aromatic N) is 8. The van der Waals surface area contributed by atoms with E-state index < -0.39 is 0 Å². The molecule has 3 aromatic heterocycles. The predicted molar refractivity (Wildman–Crippen MR) is 120 cm³/mol. The Hall–Kier alpha value is -2.88. The molecule has 1 aliphatic carbocycles. The average molecular weight is 437 g/mol. The second kappa shape index (κ2) is 7.08. The molecule has 1 saturated carbocycles. The molecular formula is C21H24N8OS. The second-order valence-electron chi connectivity index (χ2n) is 8.50. The van der Waals surface area contributed by atoms with Crippen molar-refractivity contribution in [1.82, 2.24) is 33.9 Å². The molecule has 2 fully saturated rings. The van der Waals surface area contributed by atoms with Crippen molar-refractivity contribution >= 4 is 34.4 Å². The van der Waals surface area contributed by atoms with E-state index in [1.807, 2.05) is 29.5 Å². The van der Waals surface area contributed by atoms with E-state index in [-0.39, 0.29) is 5.56 Å². The minimum absolute atomic E-state index is 0.0541. The molecule has 0 unspecified atom stereocenters. The van der Waals surface area contributed by atoms with E-state index in [1.165, 1.54) is 25.7 Å². The van der Waals surface area contributed by atoms with Gasteiger partial charge in [0, 0.05) is 26.2 Å². The lowest BCUT2D eigenvalue weighted by Crippen LogP contribution is -2.22. The highest BCUT2D eigenvalue weighted by Crippen LogP contribution is 2.41. The van der Waals surface area contributed by atoms with Gasteiger partial charge in [-0.15, -0.1) is 20.4 Å². The molecule has 1 aliphatic heterocycles. The predicted octanol–water partition coefficient (Wildman–Crippen LogP) is 2.71. The minimum Gasteiger partial charge on any atom is -0.341 e. The molecule has 0 radical (unpaired) electrons. The van der Waals surface area contributed by atoms with Crippen molar-refractivity contribution in [2.24, 2.45) is 7.05 Å². The van der Waals surface area contributed by atoms with Crippen LogP contribution >= 0.6 is 11.8 Å². The van der Waals surface area contributed by atoms with Gasteiger partial charge in [0.1, 0.15) is 5.82 Å². The first-order valence-corrected chi connectivity index (χ1v) is 11.8. The third-order valence-corrected chi connectivity index (χ3v) is 7.16. The van der Waals surface area contributed by atoms with Crippen molar-refractivity contribution in [3.05, 3.63) is 39.9 Å². The summed E-state index contributed by atoms with van der Waals surface area (Å²) in [6.07, 6.45) is 4.81. The Kier molecular flexibility index (Phi) is 4.31. The summed E-state index contributed by atoms with van der Waals surface area (Å²) in [5.74, 6) is 2.97. The van der Waals surface area contributed by atoms with Crippen LogP contribution in [0.25, 0.3) is 16.7 Å². The van der Waals surface area contributed by atoms with Gasteiger partial charge in [0.25, 0.3) is 5.56 Å². The molecule has 0 spiro atoms. The molecular weight excluding hydrogens is 412 g/mol. The van der Waals surface area contributed by atoms with Crippen molar-refractivity contribution in [2.45, 2.75) is 49.6 Å². The van der Waals surface area contributed by atoms with E-state index >= 15 is 0 Å². The molecule has 10 heteroatoms. The fraction of sp³-hybridized carbons (Fsp3) is 0.476. The molecule has 31 heavy (non-hydrogen) atoms. The summed E-state index contributed by atoms with van der Waals surface area (Å²) in [6, 6.07) is 6.44. The Morgan fingerprint density at radius 2 is 1.90 bits per heavy atom. The molecule has 0 N–H and O–H groups in total. The van der Waals surface area contributed by atoms with Gasteiger partial charge in [-0.2, -0.15) is 0 Å². The summed E-state index contributed by atoms with van der Waals surface area (Å²) in [5, 5.41) is 19.4. The molecule has 0 amide bonds. The third-order valence-electron chi connectivity index (χ3n) is 6.22. The van der Waals surface area contributed by atoms with Crippen molar-refractivity contribution < 1.29 is 0 Å². The first kappa shape index (κ1) is 18.9. The van der Waals surface area contributed by atoms with Gasteiger partial charge in [0.15, 0.2) is 5.16 Å². The number of aromatic nitrogens is 7. The first-order valence-electron chi connectivity index (χ1n) is 10.8. The Bertz CT molecular complexity index is 1360. The molecule has 1 saturated heterocycles. The Balaban J connectivity index is 1.39. The summed E-state index contributed by atoms with van der Waals surface area (Å²) in [4.78, 5) is 15.1. The molecule has 1 aromatic carbocycles. The summed E-state index contributed by atoms with van der Waals surface area (Å²) < 4.78 is 5.87. The zero-order valence-electron chi connectivity index (χ0n) is 17.7. The Labute approximate surface area is 183 Å². The van der Waals surface area contributed by atoms with Gasteiger partial charge >= 0.3 is 0 Å². The lowest BCUT2D eigenvalue weighted by Gasteiger charge is -2.17. The summed E-state index contributed by atoms with van der Waals surface area (Å²) in [5.41, 5.74) is 1.84. The molecule has 0 atom stereocenters. The topological polar surface area (TPSA) is 86.1 Å². The van der Waals surface area contributed by atoms with Crippen LogP contribution in [0.1, 0.15) is 43.1 Å². The molecule has 4 aromatic rings. The monoisotopic (exact) mass is 436 g/mol. The van der Waals surface area contributed by atoms with E-state index in [1.54, 1.807) is 23.4 Å². The highest BCUT2D eigenvalue weighted by atomic mass is 32.2. The number of benzene rings is 1. The molecule has 4 heterocycles. The van der Waals surface area contributed by atoms with Gasteiger partial charge in [-0.25, -0.2) is 0 Å². The van der Waals surface area contributed by atoms with Gasteiger partial charge in [0.2, 0.25) is 11.7 Å². The lowest BCUT2D eigenvalue weighted by atomic mass is 10.1. The molecule has 160 valence electrons. The molecule has 6 rings (SSSR count). The first-order chi connectivity index (χ1) is 15.1. The van der Waals surface area contributed by atoms with Crippen LogP contribution in [0.5, 0.6) is 0 Å². The normalized spacial score (nSPS) is 16.8. The molecule has 0 bridgehead atoms. The summed E-state index contributed by atoms with van der Waals surface area (Å²) in [6.45, 7) is 4.11. The van der Waals surface area contributed by atoms with Gasteiger partial charge in [-0.1, -0.05) is 23.4 Å². The van der Waals surface area contributed by atoms with Crippen molar-refractivity contribution in [3.63, 3.8) is 0 Å². The van der Waals surface area contributed by atoms with E-state index in [0.717, 1.165) is 41.1 Å². The summed E-state index contributed by atoms with van der Waals surface area (Å²) in [7, 11) is 1.75. The standard InChI is InChI=1S/C21H24N8OS/c1-13-5-8-16-15(11-13)18(30)26(2)19-23-22-17(29(16)19)12-31-21-25-24-20(27-9-3-4-10-27)28(21)14-6-7-14/h5,8,11,14H,3-4,6-7,9-10,12H2,1-2H3. The zero-order valence-corrected chi connectivity index (χ0v) is 18.5. The molecule has 9 nitrogen and oxygen atoms in total. The highest BCUT2D eigenvalue weighted by molar-refractivity contribution is 7.98. The van der Waals surface area contributed by atoms with Crippen LogP contribution in [0.2, 0.25) is 0 Å². The van der Waals surface area contributed by atoms with Crippen molar-refractivity contribution in [3.8, 4) is 0 Å². The van der Waals surface area contributed by atoms with Crippen LogP contribution in [-0.2, 0) is 12.8 Å². The van der Waals surface area contributed by atoms with Crippen LogP contribution in [0, 0.1) is 6.92 Å². The van der Waals surface area contributed by atoms with E-state index in [4.69, 9.17) is 0 Å². The third kappa shape index (κ3) is 3.03. The highest BCUT2D eigenvalue weighted by Gasteiger charge is 2.32. The van der Waals surface area contributed by atoms with Gasteiger partial charge in [0.05, 0.1) is 16.7 Å². The maximum Gasteiger partial charge on any atom is 0.262 e. The number of rotatable bonds is 5. The quantitative estimate of drug-likeness (QED) is 0.445. The van der Waals surface area contributed by atoms with Crippen molar-refractivity contribution in [1.29, 1.82) is 0 Å². The van der Waals surface area contributed by atoms with Gasteiger partial charge in [-0.05, 0) is 44.7 Å². The Morgan fingerprint density at radius 1 is 1.10 bits per heavy atom. The number of fused-ring (bicyclic) bond motifs is 3. The van der Waals surface area contributed by atoms with Crippen molar-refractivity contribution in [2.75, 3.05) is 18.0 Å². The van der Waals surface area contributed by atoms with Gasteiger partial charge in [-0.3, -0.25) is 18.3 Å². The number of hydrogen-bond acceptors (Lipinski definition) is 7. The van der Waals surface area contributed by atoms with Crippen LogP contribution in [0.4, 0.5) is 5.95 Å². The smallest absolute Gasteiger partial charge is 0.262 e. The SMILES string of the molecule is Cc1ccc2c(c1)c(=O)n(C)c1nnc(CSc3nnc(N4CCCC4)n3C3CC3)n21. The number of anilines is 1. The fourth-order valence-corrected chi connectivity index (χ4v) is 5.35. The van der Waals surface area contributed by atoms with E-state index in [9.17, 15) is 4.79 Å². The maximum absolute atomic E-state index is 12.8. The summed E-state index contributed by atoms with van der Waals surface area (Å²) >= 11 is 1.64. The minimum atomic E-state index is -0.0541. The number of thioether (sulfide) groups is 1. The van der Waals surface area contributed by atoms with Crippen LogP contribution < -0.4 is 10.5 Å².